The van der Waals surface area contributed by atoms with Crippen LogP contribution in [0.1, 0.15) is 15.9 Å². The molecule has 0 atom stereocenters. The van der Waals surface area contributed by atoms with Gasteiger partial charge in [0.1, 0.15) is 5.75 Å². The van der Waals surface area contributed by atoms with E-state index in [0.717, 1.165) is 24.3 Å². The van der Waals surface area contributed by atoms with Crippen molar-refractivity contribution < 1.29 is 9.90 Å². The van der Waals surface area contributed by atoms with E-state index in [4.69, 9.17) is 5.73 Å². The van der Waals surface area contributed by atoms with E-state index in [2.05, 4.69) is 4.90 Å². The van der Waals surface area contributed by atoms with E-state index in [9.17, 15) is 9.90 Å². The number of phenolic OH excluding ortho intramolecular Hbond substituents is 1. The van der Waals surface area contributed by atoms with Gasteiger partial charge in [-0.15, -0.1) is 0 Å². The number of hydrogen-bond acceptors (Lipinski definition) is 4. The minimum Gasteiger partial charge on any atom is -0.508 e. The van der Waals surface area contributed by atoms with Crippen LogP contribution < -0.4 is 10.6 Å². The van der Waals surface area contributed by atoms with Gasteiger partial charge in [-0.25, -0.2) is 0 Å². The standard InChI is InChI=1S/C18H21N3O2/c19-13-14-4-6-15(7-5-14)18(23)21-10-8-20(9-11-21)16-2-1-3-17(22)12-16/h1-7,12,22H,8-11,13,19H2. The zero-order valence-electron chi connectivity index (χ0n) is 13.0. The van der Waals surface area contributed by atoms with Gasteiger partial charge in [-0.2, -0.15) is 0 Å². The van der Waals surface area contributed by atoms with Crippen LogP contribution in [0.3, 0.4) is 0 Å². The van der Waals surface area contributed by atoms with E-state index >= 15 is 0 Å². The van der Waals surface area contributed by atoms with E-state index in [1.54, 1.807) is 12.1 Å². The topological polar surface area (TPSA) is 69.8 Å². The van der Waals surface area contributed by atoms with Crippen LogP contribution >= 0.6 is 0 Å². The summed E-state index contributed by atoms with van der Waals surface area (Å²) >= 11 is 0. The van der Waals surface area contributed by atoms with Crippen LogP contribution in [-0.4, -0.2) is 42.1 Å². The molecule has 5 nitrogen and oxygen atoms in total. The molecule has 120 valence electrons. The fourth-order valence-electron chi connectivity index (χ4n) is 2.82. The summed E-state index contributed by atoms with van der Waals surface area (Å²) in [5.74, 6) is 0.324. The summed E-state index contributed by atoms with van der Waals surface area (Å²) in [7, 11) is 0. The molecule has 0 saturated carbocycles. The summed E-state index contributed by atoms with van der Waals surface area (Å²) < 4.78 is 0. The molecule has 1 fully saturated rings. The smallest absolute Gasteiger partial charge is 0.253 e. The Morgan fingerprint density at radius 3 is 2.35 bits per heavy atom. The maximum absolute atomic E-state index is 12.5. The number of nitrogens with zero attached hydrogens (tertiary/aromatic N) is 2. The molecule has 0 aromatic heterocycles. The number of carbonyl (C=O) groups is 1. The molecule has 3 N–H and O–H groups in total. The molecule has 0 spiro atoms. The molecular formula is C18H21N3O2. The molecule has 5 heteroatoms. The largest absolute Gasteiger partial charge is 0.508 e. The molecular weight excluding hydrogens is 290 g/mol. The Morgan fingerprint density at radius 2 is 1.74 bits per heavy atom. The monoisotopic (exact) mass is 311 g/mol. The van der Waals surface area contributed by atoms with Crippen LogP contribution in [-0.2, 0) is 6.54 Å². The molecule has 1 aliphatic rings. The Balaban J connectivity index is 1.62. The molecule has 0 aliphatic carbocycles. The Labute approximate surface area is 135 Å². The number of amides is 1. The van der Waals surface area contributed by atoms with Crippen LogP contribution in [0.2, 0.25) is 0 Å². The summed E-state index contributed by atoms with van der Waals surface area (Å²) in [4.78, 5) is 16.6. The number of benzene rings is 2. The number of aromatic hydroxyl groups is 1. The first-order valence-corrected chi connectivity index (χ1v) is 7.79. The predicted octanol–water partition coefficient (Wildman–Crippen LogP) is 1.81. The van der Waals surface area contributed by atoms with Gasteiger partial charge in [-0.05, 0) is 29.8 Å². The van der Waals surface area contributed by atoms with Crippen molar-refractivity contribution in [3.8, 4) is 5.75 Å². The Hall–Kier alpha value is -2.53. The van der Waals surface area contributed by atoms with Crippen molar-refractivity contribution >= 4 is 11.6 Å². The van der Waals surface area contributed by atoms with Gasteiger partial charge in [0.25, 0.3) is 5.91 Å². The quantitative estimate of drug-likeness (QED) is 0.907. The van der Waals surface area contributed by atoms with E-state index < -0.39 is 0 Å². The molecule has 1 saturated heterocycles. The number of carbonyl (C=O) groups excluding carboxylic acids is 1. The molecule has 0 bridgehead atoms. The van der Waals surface area contributed by atoms with Crippen molar-refractivity contribution in [1.29, 1.82) is 0 Å². The third kappa shape index (κ3) is 3.46. The number of phenols is 1. The number of anilines is 1. The maximum atomic E-state index is 12.5. The van der Waals surface area contributed by atoms with Crippen LogP contribution in [0.15, 0.2) is 48.5 Å². The van der Waals surface area contributed by atoms with Gasteiger partial charge < -0.3 is 20.6 Å². The number of hydrogen-bond donors (Lipinski definition) is 2. The normalized spacial score (nSPS) is 14.8. The molecule has 1 heterocycles. The van der Waals surface area contributed by atoms with Crippen molar-refractivity contribution in [2.45, 2.75) is 6.54 Å². The van der Waals surface area contributed by atoms with Crippen LogP contribution in [0, 0.1) is 0 Å². The first-order valence-electron chi connectivity index (χ1n) is 7.79. The third-order valence-corrected chi connectivity index (χ3v) is 4.20. The molecule has 1 amide bonds. The highest BCUT2D eigenvalue weighted by atomic mass is 16.3. The van der Waals surface area contributed by atoms with E-state index in [0.29, 0.717) is 25.2 Å². The molecule has 2 aromatic rings. The summed E-state index contributed by atoms with van der Waals surface area (Å²) in [5, 5.41) is 9.58. The van der Waals surface area contributed by atoms with Crippen LogP contribution in [0.25, 0.3) is 0 Å². The Kier molecular flexibility index (Phi) is 4.48. The average Bonchev–Trinajstić information content (AvgIpc) is 2.61. The highest BCUT2D eigenvalue weighted by Gasteiger charge is 2.22. The van der Waals surface area contributed by atoms with Crippen molar-refractivity contribution in [2.75, 3.05) is 31.1 Å². The van der Waals surface area contributed by atoms with Crippen LogP contribution in [0.5, 0.6) is 5.75 Å². The highest BCUT2D eigenvalue weighted by Crippen LogP contribution is 2.21. The SMILES string of the molecule is NCc1ccc(C(=O)N2CCN(c3cccc(O)c3)CC2)cc1. The van der Waals surface area contributed by atoms with Gasteiger partial charge in [0.15, 0.2) is 0 Å². The molecule has 0 unspecified atom stereocenters. The van der Waals surface area contributed by atoms with Gasteiger partial charge in [0, 0.05) is 50.0 Å². The number of piperazine rings is 1. The maximum Gasteiger partial charge on any atom is 0.253 e. The van der Waals surface area contributed by atoms with E-state index in [-0.39, 0.29) is 11.7 Å². The number of rotatable bonds is 3. The Bertz CT molecular complexity index is 677. The highest BCUT2D eigenvalue weighted by molar-refractivity contribution is 5.94. The zero-order valence-corrected chi connectivity index (χ0v) is 13.0. The van der Waals surface area contributed by atoms with Crippen molar-refractivity contribution in [2.24, 2.45) is 5.73 Å². The zero-order chi connectivity index (χ0) is 16.2. The lowest BCUT2D eigenvalue weighted by Gasteiger charge is -2.36. The molecule has 2 aromatic carbocycles. The molecule has 3 rings (SSSR count). The number of nitrogens with two attached hydrogens (primary N) is 1. The summed E-state index contributed by atoms with van der Waals surface area (Å²) in [6.07, 6.45) is 0. The molecule has 23 heavy (non-hydrogen) atoms. The lowest BCUT2D eigenvalue weighted by Crippen LogP contribution is -2.48. The molecule has 1 aliphatic heterocycles. The minimum atomic E-state index is 0.0594. The van der Waals surface area contributed by atoms with E-state index in [1.165, 1.54) is 0 Å². The second-order valence-corrected chi connectivity index (χ2v) is 5.70. The molecule has 0 radical (unpaired) electrons. The van der Waals surface area contributed by atoms with Crippen molar-refractivity contribution in [1.82, 2.24) is 4.90 Å². The van der Waals surface area contributed by atoms with Crippen molar-refractivity contribution in [3.05, 3.63) is 59.7 Å². The van der Waals surface area contributed by atoms with Crippen molar-refractivity contribution in [3.63, 3.8) is 0 Å². The van der Waals surface area contributed by atoms with E-state index in [1.807, 2.05) is 41.3 Å². The van der Waals surface area contributed by atoms with Gasteiger partial charge in [-0.1, -0.05) is 18.2 Å². The van der Waals surface area contributed by atoms with Crippen LogP contribution in [0.4, 0.5) is 5.69 Å². The summed E-state index contributed by atoms with van der Waals surface area (Å²) in [6.45, 7) is 3.35. The average molecular weight is 311 g/mol. The van der Waals surface area contributed by atoms with Gasteiger partial charge in [0.2, 0.25) is 0 Å². The summed E-state index contributed by atoms with van der Waals surface area (Å²) in [5.41, 5.74) is 8.30. The lowest BCUT2D eigenvalue weighted by molar-refractivity contribution is 0.0746. The second kappa shape index (κ2) is 6.71. The third-order valence-electron chi connectivity index (χ3n) is 4.20. The first-order chi connectivity index (χ1) is 11.2. The van der Waals surface area contributed by atoms with Gasteiger partial charge in [-0.3, -0.25) is 4.79 Å². The Morgan fingerprint density at radius 1 is 1.04 bits per heavy atom. The van der Waals surface area contributed by atoms with Gasteiger partial charge in [0.05, 0.1) is 0 Å². The van der Waals surface area contributed by atoms with Gasteiger partial charge >= 0.3 is 0 Å². The lowest BCUT2D eigenvalue weighted by atomic mass is 10.1. The predicted molar refractivity (Wildman–Crippen MR) is 90.6 cm³/mol. The first kappa shape index (κ1) is 15.4. The fourth-order valence-corrected chi connectivity index (χ4v) is 2.82. The second-order valence-electron chi connectivity index (χ2n) is 5.70. The fraction of sp³-hybridized carbons (Fsp3) is 0.278. The summed E-state index contributed by atoms with van der Waals surface area (Å²) in [6, 6.07) is 14.7. The minimum absolute atomic E-state index is 0.0594.